The molecule has 0 fully saturated rings. The summed E-state index contributed by atoms with van der Waals surface area (Å²) in [6, 6.07) is 20.0. The summed E-state index contributed by atoms with van der Waals surface area (Å²) in [7, 11) is -3.95. The van der Waals surface area contributed by atoms with Crippen molar-refractivity contribution in [2.75, 3.05) is 28.0 Å². The second-order valence-corrected chi connectivity index (χ2v) is 8.86. The number of halogens is 3. The normalized spacial score (nSPS) is 11.6. The molecule has 3 aromatic rings. The van der Waals surface area contributed by atoms with Crippen LogP contribution >= 0.6 is 0 Å². The minimum Gasteiger partial charge on any atom is -0.375 e. The summed E-state index contributed by atoms with van der Waals surface area (Å²) in [5.41, 5.74) is 0.762. The van der Waals surface area contributed by atoms with Crippen LogP contribution in [0.1, 0.15) is 17.3 Å². The third kappa shape index (κ3) is 6.04. The summed E-state index contributed by atoms with van der Waals surface area (Å²) in [4.78, 5) is 12.7. The Kier molecular flexibility index (Phi) is 7.27. The van der Waals surface area contributed by atoms with Gasteiger partial charge in [0.25, 0.3) is 15.9 Å². The van der Waals surface area contributed by atoms with E-state index in [-0.39, 0.29) is 28.4 Å². The number of nitrogens with zero attached hydrogens (tertiary/aromatic N) is 1. The van der Waals surface area contributed by atoms with E-state index in [0.717, 1.165) is 0 Å². The molecule has 33 heavy (non-hydrogen) atoms. The molecule has 0 unspecified atom stereocenters. The number of rotatable bonds is 8. The van der Waals surface area contributed by atoms with Gasteiger partial charge in [-0.3, -0.25) is 9.10 Å². The highest BCUT2D eigenvalue weighted by Crippen LogP contribution is 2.26. The van der Waals surface area contributed by atoms with Crippen LogP contribution in [-0.4, -0.2) is 33.6 Å². The molecule has 10 heteroatoms. The highest BCUT2D eigenvalue weighted by Gasteiger charge is 2.27. The number of anilines is 3. The second kappa shape index (κ2) is 9.95. The van der Waals surface area contributed by atoms with Gasteiger partial charge in [0.05, 0.1) is 22.0 Å². The Morgan fingerprint density at radius 3 is 2.18 bits per heavy atom. The topological polar surface area (TPSA) is 78.5 Å². The van der Waals surface area contributed by atoms with Gasteiger partial charge in [0.2, 0.25) is 0 Å². The van der Waals surface area contributed by atoms with Crippen molar-refractivity contribution >= 4 is 33.0 Å². The maximum Gasteiger partial charge on any atom is 0.405 e. The Morgan fingerprint density at radius 1 is 0.909 bits per heavy atom. The van der Waals surface area contributed by atoms with Gasteiger partial charge in [0.15, 0.2) is 0 Å². The van der Waals surface area contributed by atoms with Crippen molar-refractivity contribution in [3.05, 3.63) is 84.4 Å². The highest BCUT2D eigenvalue weighted by atomic mass is 32.2. The van der Waals surface area contributed by atoms with Gasteiger partial charge < -0.3 is 10.6 Å². The molecule has 0 aromatic heterocycles. The minimum absolute atomic E-state index is 0.0471. The van der Waals surface area contributed by atoms with E-state index < -0.39 is 28.7 Å². The first-order chi connectivity index (χ1) is 15.6. The van der Waals surface area contributed by atoms with E-state index in [1.54, 1.807) is 43.3 Å². The summed E-state index contributed by atoms with van der Waals surface area (Å²) >= 11 is 0. The molecule has 0 aliphatic carbocycles. The third-order valence-electron chi connectivity index (χ3n) is 4.67. The van der Waals surface area contributed by atoms with Gasteiger partial charge in [0, 0.05) is 12.1 Å². The Balaban J connectivity index is 1.85. The maximum atomic E-state index is 13.2. The van der Waals surface area contributed by atoms with E-state index in [9.17, 15) is 26.4 Å². The number of sulfonamides is 1. The molecular weight excluding hydrogens is 455 g/mol. The first kappa shape index (κ1) is 24.1. The molecule has 0 saturated carbocycles. The zero-order chi connectivity index (χ0) is 24.1. The number of para-hydroxylation sites is 3. The second-order valence-electron chi connectivity index (χ2n) is 7.00. The Hall–Kier alpha value is -3.53. The van der Waals surface area contributed by atoms with Crippen LogP contribution < -0.4 is 14.9 Å². The molecule has 6 nitrogen and oxygen atoms in total. The molecule has 3 aromatic carbocycles. The van der Waals surface area contributed by atoms with Gasteiger partial charge >= 0.3 is 6.18 Å². The van der Waals surface area contributed by atoms with E-state index in [1.807, 2.05) is 0 Å². The van der Waals surface area contributed by atoms with Crippen molar-refractivity contribution in [3.63, 3.8) is 0 Å². The van der Waals surface area contributed by atoms with Crippen molar-refractivity contribution in [1.29, 1.82) is 0 Å². The SMILES string of the molecule is CCN(c1ccccc1)S(=O)(=O)c1cccc(C(=O)Nc2ccccc2NCC(F)(F)F)c1. The summed E-state index contributed by atoms with van der Waals surface area (Å²) in [5, 5.41) is 4.78. The molecule has 0 aliphatic heterocycles. The fourth-order valence-electron chi connectivity index (χ4n) is 3.15. The summed E-state index contributed by atoms with van der Waals surface area (Å²) in [6.45, 7) is 0.618. The van der Waals surface area contributed by atoms with Crippen LogP contribution in [0.3, 0.4) is 0 Å². The Morgan fingerprint density at radius 2 is 1.55 bits per heavy atom. The van der Waals surface area contributed by atoms with Crippen LogP contribution in [0.2, 0.25) is 0 Å². The molecule has 3 rings (SSSR count). The molecule has 0 saturated heterocycles. The first-order valence-corrected chi connectivity index (χ1v) is 11.4. The zero-order valence-corrected chi connectivity index (χ0v) is 18.5. The number of hydrogen-bond donors (Lipinski definition) is 2. The lowest BCUT2D eigenvalue weighted by atomic mass is 10.2. The van der Waals surface area contributed by atoms with E-state index >= 15 is 0 Å². The van der Waals surface area contributed by atoms with Crippen molar-refractivity contribution in [2.24, 2.45) is 0 Å². The highest BCUT2D eigenvalue weighted by molar-refractivity contribution is 7.92. The maximum absolute atomic E-state index is 13.2. The summed E-state index contributed by atoms with van der Waals surface area (Å²) < 4.78 is 65.3. The molecule has 2 N–H and O–H groups in total. The average Bonchev–Trinajstić information content (AvgIpc) is 2.79. The number of amides is 1. The first-order valence-electron chi connectivity index (χ1n) is 10.0. The van der Waals surface area contributed by atoms with Crippen molar-refractivity contribution in [1.82, 2.24) is 0 Å². The fraction of sp³-hybridized carbons (Fsp3) is 0.174. The molecule has 0 aliphatic rings. The lowest BCUT2D eigenvalue weighted by Crippen LogP contribution is -2.31. The van der Waals surface area contributed by atoms with Crippen LogP contribution in [0, 0.1) is 0 Å². The molecule has 0 radical (unpaired) electrons. The van der Waals surface area contributed by atoms with Gasteiger partial charge in [-0.25, -0.2) is 8.42 Å². The quantitative estimate of drug-likeness (QED) is 0.472. The summed E-state index contributed by atoms with van der Waals surface area (Å²) in [6.07, 6.45) is -4.43. The third-order valence-corrected chi connectivity index (χ3v) is 6.57. The lowest BCUT2D eigenvalue weighted by Gasteiger charge is -2.23. The number of nitrogens with one attached hydrogen (secondary N) is 2. The zero-order valence-electron chi connectivity index (χ0n) is 17.6. The van der Waals surface area contributed by atoms with Gasteiger partial charge in [-0.1, -0.05) is 36.4 Å². The molecule has 1 amide bonds. The van der Waals surface area contributed by atoms with Gasteiger partial charge in [-0.2, -0.15) is 13.2 Å². The van der Waals surface area contributed by atoms with Crippen molar-refractivity contribution in [3.8, 4) is 0 Å². The van der Waals surface area contributed by atoms with Crippen LogP contribution in [0.5, 0.6) is 0 Å². The van der Waals surface area contributed by atoms with Gasteiger partial charge in [0.1, 0.15) is 6.54 Å². The molecule has 0 atom stereocenters. The average molecular weight is 478 g/mol. The Labute approximate surface area is 190 Å². The smallest absolute Gasteiger partial charge is 0.375 e. The van der Waals surface area contributed by atoms with Crippen molar-refractivity contribution in [2.45, 2.75) is 18.0 Å². The van der Waals surface area contributed by atoms with E-state index in [4.69, 9.17) is 0 Å². The number of benzene rings is 3. The van der Waals surface area contributed by atoms with Crippen LogP contribution in [0.25, 0.3) is 0 Å². The lowest BCUT2D eigenvalue weighted by molar-refractivity contribution is -0.115. The van der Waals surface area contributed by atoms with Crippen LogP contribution in [0.15, 0.2) is 83.8 Å². The molecule has 0 bridgehead atoms. The molecular formula is C23H22F3N3O3S. The predicted molar refractivity (Wildman–Crippen MR) is 122 cm³/mol. The number of carbonyl (C=O) groups excluding carboxylic acids is 1. The fourth-order valence-corrected chi connectivity index (χ4v) is 4.67. The summed E-state index contributed by atoms with van der Waals surface area (Å²) in [5.74, 6) is -0.656. The van der Waals surface area contributed by atoms with E-state index in [0.29, 0.717) is 5.69 Å². The van der Waals surface area contributed by atoms with E-state index in [2.05, 4.69) is 10.6 Å². The minimum atomic E-state index is -4.43. The number of carbonyl (C=O) groups is 1. The largest absolute Gasteiger partial charge is 0.405 e. The van der Waals surface area contributed by atoms with Gasteiger partial charge in [-0.05, 0) is 49.4 Å². The number of alkyl halides is 3. The monoisotopic (exact) mass is 477 g/mol. The molecule has 0 heterocycles. The molecule has 174 valence electrons. The Bertz CT molecular complexity index is 1220. The predicted octanol–water partition coefficient (Wildman–Crippen LogP) is 5.13. The number of hydrogen-bond acceptors (Lipinski definition) is 4. The van der Waals surface area contributed by atoms with E-state index in [1.165, 1.54) is 46.8 Å². The standard InChI is InChI=1S/C23H22F3N3O3S/c1-2-29(18-10-4-3-5-11-18)33(31,32)19-12-8-9-17(15-19)22(30)28-21-14-7-6-13-20(21)27-16-23(24,25)26/h3-15,27H,2,16H2,1H3,(H,28,30). The van der Waals surface area contributed by atoms with Gasteiger partial charge in [-0.15, -0.1) is 0 Å². The van der Waals surface area contributed by atoms with Crippen LogP contribution in [-0.2, 0) is 10.0 Å². The molecule has 0 spiro atoms. The van der Waals surface area contributed by atoms with Crippen molar-refractivity contribution < 1.29 is 26.4 Å². The van der Waals surface area contributed by atoms with Crippen LogP contribution in [0.4, 0.5) is 30.2 Å².